The van der Waals surface area contributed by atoms with Gasteiger partial charge in [-0.25, -0.2) is 26.3 Å². The van der Waals surface area contributed by atoms with Crippen LogP contribution >= 0.6 is 0 Å². The van der Waals surface area contributed by atoms with E-state index in [9.17, 15) is 21.6 Å². The van der Waals surface area contributed by atoms with Gasteiger partial charge in [0.15, 0.2) is 11.6 Å². The number of benzene rings is 1. The van der Waals surface area contributed by atoms with Gasteiger partial charge in [0.1, 0.15) is 10.7 Å². The molecule has 0 aromatic heterocycles. The predicted octanol–water partition coefficient (Wildman–Crippen LogP) is 1.79. The zero-order chi connectivity index (χ0) is 15.5. The lowest BCUT2D eigenvalue weighted by atomic mass is 10.1. The van der Waals surface area contributed by atoms with E-state index in [2.05, 4.69) is 4.72 Å². The summed E-state index contributed by atoms with van der Waals surface area (Å²) in [5.74, 6) is -4.45. The molecule has 0 bridgehead atoms. The molecular formula is C12H16F3NO3S. The maximum Gasteiger partial charge on any atom is 0.243 e. The van der Waals surface area contributed by atoms with Gasteiger partial charge in [0.25, 0.3) is 0 Å². The van der Waals surface area contributed by atoms with Crippen molar-refractivity contribution in [1.29, 1.82) is 0 Å². The molecule has 0 radical (unpaired) electrons. The Balaban J connectivity index is 2.87. The molecule has 8 heteroatoms. The average Bonchev–Trinajstić information content (AvgIpc) is 2.30. The molecule has 0 heterocycles. The van der Waals surface area contributed by atoms with Gasteiger partial charge < -0.3 is 5.11 Å². The number of hydrogen-bond donors (Lipinski definition) is 2. The van der Waals surface area contributed by atoms with Crippen LogP contribution in [0.1, 0.15) is 20.3 Å². The van der Waals surface area contributed by atoms with Crippen molar-refractivity contribution in [3.63, 3.8) is 0 Å². The van der Waals surface area contributed by atoms with Gasteiger partial charge in [0, 0.05) is 12.6 Å². The highest BCUT2D eigenvalue weighted by Gasteiger charge is 2.22. The fraction of sp³-hybridized carbons (Fsp3) is 0.500. The molecule has 2 unspecified atom stereocenters. The molecule has 0 fully saturated rings. The van der Waals surface area contributed by atoms with Crippen molar-refractivity contribution in [2.75, 3.05) is 6.54 Å². The maximum atomic E-state index is 13.4. The maximum absolute atomic E-state index is 13.4. The Hall–Kier alpha value is -1.12. The molecule has 1 rings (SSSR count). The molecule has 114 valence electrons. The van der Waals surface area contributed by atoms with E-state index in [-0.39, 0.29) is 18.5 Å². The SMILES string of the molecule is CC(O)CC(C)CNS(=O)(=O)c1cc(F)c(F)cc1F. The Morgan fingerprint density at radius 1 is 1.15 bits per heavy atom. The Bertz CT molecular complexity index is 576. The Morgan fingerprint density at radius 3 is 2.25 bits per heavy atom. The minimum absolute atomic E-state index is 0.0499. The number of aliphatic hydroxyl groups is 1. The summed E-state index contributed by atoms with van der Waals surface area (Å²) in [5, 5.41) is 9.15. The van der Waals surface area contributed by atoms with Crippen molar-refractivity contribution in [2.45, 2.75) is 31.3 Å². The molecule has 0 aliphatic rings. The highest BCUT2D eigenvalue weighted by molar-refractivity contribution is 7.89. The van der Waals surface area contributed by atoms with E-state index in [1.165, 1.54) is 0 Å². The van der Waals surface area contributed by atoms with Crippen LogP contribution in [-0.4, -0.2) is 26.2 Å². The van der Waals surface area contributed by atoms with Crippen LogP contribution in [0, 0.1) is 23.4 Å². The van der Waals surface area contributed by atoms with Gasteiger partial charge in [0.05, 0.1) is 6.10 Å². The van der Waals surface area contributed by atoms with Crippen molar-refractivity contribution in [2.24, 2.45) is 5.92 Å². The van der Waals surface area contributed by atoms with Crippen LogP contribution in [0.15, 0.2) is 17.0 Å². The number of nitrogens with one attached hydrogen (secondary N) is 1. The summed E-state index contributed by atoms with van der Waals surface area (Å²) in [6.45, 7) is 3.20. The summed E-state index contributed by atoms with van der Waals surface area (Å²) in [5.41, 5.74) is 0. The zero-order valence-electron chi connectivity index (χ0n) is 11.0. The van der Waals surface area contributed by atoms with Crippen LogP contribution in [-0.2, 0) is 10.0 Å². The molecule has 20 heavy (non-hydrogen) atoms. The van der Waals surface area contributed by atoms with Crippen molar-refractivity contribution in [1.82, 2.24) is 4.72 Å². The second-order valence-electron chi connectivity index (χ2n) is 4.74. The first kappa shape index (κ1) is 16.9. The van der Waals surface area contributed by atoms with Crippen LogP contribution in [0.5, 0.6) is 0 Å². The second kappa shape index (κ2) is 6.55. The molecule has 1 aromatic rings. The summed E-state index contributed by atoms with van der Waals surface area (Å²) in [6.07, 6.45) is -0.252. The van der Waals surface area contributed by atoms with Crippen molar-refractivity contribution in [3.05, 3.63) is 29.6 Å². The molecule has 0 aliphatic carbocycles. The third kappa shape index (κ3) is 4.46. The summed E-state index contributed by atoms with van der Waals surface area (Å²) < 4.78 is 64.8. The Kier molecular flexibility index (Phi) is 5.55. The molecule has 2 N–H and O–H groups in total. The van der Waals surface area contributed by atoms with Crippen LogP contribution in [0.25, 0.3) is 0 Å². The highest BCUT2D eigenvalue weighted by Crippen LogP contribution is 2.18. The molecule has 2 atom stereocenters. The van der Waals surface area contributed by atoms with Gasteiger partial charge in [0.2, 0.25) is 10.0 Å². The van der Waals surface area contributed by atoms with Gasteiger partial charge >= 0.3 is 0 Å². The summed E-state index contributed by atoms with van der Waals surface area (Å²) in [6, 6.07) is 0.482. The van der Waals surface area contributed by atoms with Gasteiger partial charge in [-0.05, 0) is 25.3 Å². The Morgan fingerprint density at radius 2 is 1.70 bits per heavy atom. The minimum atomic E-state index is -4.27. The van der Waals surface area contributed by atoms with E-state index in [1.807, 2.05) is 0 Å². The first-order valence-electron chi connectivity index (χ1n) is 5.95. The van der Waals surface area contributed by atoms with E-state index >= 15 is 0 Å². The average molecular weight is 311 g/mol. The third-order valence-electron chi connectivity index (χ3n) is 2.63. The number of halogens is 3. The molecule has 0 spiro atoms. The quantitative estimate of drug-likeness (QED) is 0.787. The summed E-state index contributed by atoms with van der Waals surface area (Å²) >= 11 is 0. The van der Waals surface area contributed by atoms with Gasteiger partial charge in [-0.15, -0.1) is 0 Å². The molecule has 0 saturated carbocycles. The molecule has 0 aliphatic heterocycles. The fourth-order valence-corrected chi connectivity index (χ4v) is 2.94. The normalized spacial score (nSPS) is 15.1. The lowest BCUT2D eigenvalue weighted by molar-refractivity contribution is 0.164. The molecule has 4 nitrogen and oxygen atoms in total. The molecule has 0 saturated heterocycles. The van der Waals surface area contributed by atoms with Crippen LogP contribution in [0.3, 0.4) is 0 Å². The van der Waals surface area contributed by atoms with E-state index < -0.39 is 38.5 Å². The van der Waals surface area contributed by atoms with Crippen LogP contribution in [0.2, 0.25) is 0 Å². The molecule has 1 aromatic carbocycles. The highest BCUT2D eigenvalue weighted by atomic mass is 32.2. The number of aliphatic hydroxyl groups excluding tert-OH is 1. The van der Waals surface area contributed by atoms with Crippen molar-refractivity contribution < 1.29 is 26.7 Å². The predicted molar refractivity (Wildman–Crippen MR) is 67.0 cm³/mol. The van der Waals surface area contributed by atoms with E-state index in [1.54, 1.807) is 13.8 Å². The third-order valence-corrected chi connectivity index (χ3v) is 4.07. The monoisotopic (exact) mass is 311 g/mol. The second-order valence-corrected chi connectivity index (χ2v) is 6.47. The molecule has 0 amide bonds. The lowest BCUT2D eigenvalue weighted by Crippen LogP contribution is -2.30. The minimum Gasteiger partial charge on any atom is -0.393 e. The first-order valence-corrected chi connectivity index (χ1v) is 7.44. The zero-order valence-corrected chi connectivity index (χ0v) is 11.8. The van der Waals surface area contributed by atoms with Gasteiger partial charge in [-0.2, -0.15) is 0 Å². The topological polar surface area (TPSA) is 66.4 Å². The largest absolute Gasteiger partial charge is 0.393 e. The molecular weight excluding hydrogens is 295 g/mol. The van der Waals surface area contributed by atoms with Gasteiger partial charge in [-0.3, -0.25) is 0 Å². The smallest absolute Gasteiger partial charge is 0.243 e. The van der Waals surface area contributed by atoms with Crippen molar-refractivity contribution >= 4 is 10.0 Å². The first-order chi connectivity index (χ1) is 9.13. The van der Waals surface area contributed by atoms with E-state index in [0.717, 1.165) is 0 Å². The lowest BCUT2D eigenvalue weighted by Gasteiger charge is -2.14. The van der Waals surface area contributed by atoms with E-state index in [4.69, 9.17) is 5.11 Å². The summed E-state index contributed by atoms with van der Waals surface area (Å²) in [4.78, 5) is -0.944. The number of hydrogen-bond acceptors (Lipinski definition) is 3. The van der Waals surface area contributed by atoms with Gasteiger partial charge in [-0.1, -0.05) is 6.92 Å². The standard InChI is InChI=1S/C12H16F3NO3S/c1-7(3-8(2)17)6-16-20(18,19)12-5-10(14)9(13)4-11(12)15/h4-5,7-8,16-17H,3,6H2,1-2H3. The Labute approximate surface area is 115 Å². The van der Waals surface area contributed by atoms with Crippen LogP contribution in [0.4, 0.5) is 13.2 Å². The fourth-order valence-electron chi connectivity index (χ4n) is 1.71. The number of rotatable bonds is 6. The summed E-state index contributed by atoms with van der Waals surface area (Å²) in [7, 11) is -4.27. The van der Waals surface area contributed by atoms with Crippen LogP contribution < -0.4 is 4.72 Å². The van der Waals surface area contributed by atoms with Crippen molar-refractivity contribution in [3.8, 4) is 0 Å². The number of sulfonamides is 1. The van der Waals surface area contributed by atoms with E-state index in [0.29, 0.717) is 12.5 Å².